The summed E-state index contributed by atoms with van der Waals surface area (Å²) in [6, 6.07) is 21.5. The van der Waals surface area contributed by atoms with E-state index in [0.29, 0.717) is 0 Å². The Kier molecular flexibility index (Phi) is 13.8. The number of aromatic nitrogens is 2. The van der Waals surface area contributed by atoms with Gasteiger partial charge in [-0.15, -0.1) is 0 Å². The monoisotopic (exact) mass is 620 g/mol. The van der Waals surface area contributed by atoms with Crippen molar-refractivity contribution in [3.05, 3.63) is 140 Å². The minimum Gasteiger partial charge on any atom is -0.258 e. The zero-order valence-corrected chi connectivity index (χ0v) is 26.5. The number of benzene rings is 2. The third-order valence-electron chi connectivity index (χ3n) is 8.06. The van der Waals surface area contributed by atoms with E-state index in [4.69, 9.17) is 0 Å². The number of nitro benzene ring substituents is 2. The molecule has 4 rings (SSSR count). The molecule has 0 unspecified atom stereocenters. The lowest BCUT2D eigenvalue weighted by molar-refractivity contribution is -0.697. The van der Waals surface area contributed by atoms with E-state index in [1.54, 1.807) is 24.3 Å². The third kappa shape index (κ3) is 12.2. The molecule has 0 saturated heterocycles. The van der Waals surface area contributed by atoms with Gasteiger partial charge in [0.25, 0.3) is 11.4 Å². The number of pyridine rings is 2. The standard InChI is InChI=1S/C38H44N4O4/c43-41(44)37-19-15-33(16-20-37)11-13-35-23-29-39(30-24-35)27-9-7-5-3-1-2-4-6-8-10-28-40-31-25-36(26-32-40)14-12-34-17-21-38(22-18-34)42(45)46/h11-26,29-32H,1-10,27-28H2/q+2/b13-11+,14-12+. The van der Waals surface area contributed by atoms with Crippen LogP contribution in [-0.4, -0.2) is 9.85 Å². The molecule has 0 bridgehead atoms. The number of nitrogens with zero attached hydrogens (tertiary/aromatic N) is 4. The van der Waals surface area contributed by atoms with E-state index in [1.807, 2.05) is 24.3 Å². The minimum atomic E-state index is -0.383. The number of aryl methyl sites for hydroxylation is 2. The van der Waals surface area contributed by atoms with Crippen molar-refractivity contribution in [3.8, 4) is 0 Å². The molecular formula is C38H44N4O4+2. The molecule has 8 nitrogen and oxygen atoms in total. The topological polar surface area (TPSA) is 94.0 Å². The molecule has 0 atom stereocenters. The molecule has 0 amide bonds. The average molecular weight is 621 g/mol. The van der Waals surface area contributed by atoms with Gasteiger partial charge in [-0.25, -0.2) is 9.13 Å². The Hall–Kier alpha value is -4.98. The predicted octanol–water partition coefficient (Wildman–Crippen LogP) is 9.02. The Labute approximate surface area is 271 Å². The minimum absolute atomic E-state index is 0.107. The van der Waals surface area contributed by atoms with E-state index in [0.717, 1.165) is 35.3 Å². The van der Waals surface area contributed by atoms with Crippen LogP contribution in [0.25, 0.3) is 24.3 Å². The number of nitro groups is 2. The van der Waals surface area contributed by atoms with Gasteiger partial charge in [0.05, 0.1) is 9.85 Å². The first-order chi connectivity index (χ1) is 22.5. The van der Waals surface area contributed by atoms with Gasteiger partial charge in [-0.2, -0.15) is 0 Å². The number of non-ortho nitro benzene ring substituents is 2. The Morgan fingerprint density at radius 3 is 0.957 bits per heavy atom. The highest BCUT2D eigenvalue weighted by Gasteiger charge is 2.05. The molecule has 4 aromatic rings. The van der Waals surface area contributed by atoms with Crippen molar-refractivity contribution in [2.75, 3.05) is 0 Å². The highest BCUT2D eigenvalue weighted by Crippen LogP contribution is 2.16. The van der Waals surface area contributed by atoms with Crippen LogP contribution in [0.3, 0.4) is 0 Å². The molecule has 2 aromatic carbocycles. The molecule has 0 radical (unpaired) electrons. The predicted molar refractivity (Wildman–Crippen MR) is 183 cm³/mol. The van der Waals surface area contributed by atoms with Gasteiger partial charge in [-0.05, 0) is 59.4 Å². The molecule has 2 aromatic heterocycles. The molecule has 0 spiro atoms. The van der Waals surface area contributed by atoms with Crippen LogP contribution >= 0.6 is 0 Å². The fraction of sp³-hybridized carbons (Fsp3) is 0.316. The highest BCUT2D eigenvalue weighted by molar-refractivity contribution is 5.70. The van der Waals surface area contributed by atoms with Crippen molar-refractivity contribution in [2.45, 2.75) is 77.3 Å². The summed E-state index contributed by atoms with van der Waals surface area (Å²) in [6.45, 7) is 2.07. The van der Waals surface area contributed by atoms with Gasteiger partial charge in [0.15, 0.2) is 24.8 Å². The summed E-state index contributed by atoms with van der Waals surface area (Å²) < 4.78 is 4.47. The third-order valence-corrected chi connectivity index (χ3v) is 8.06. The SMILES string of the molecule is O=[N+]([O-])c1ccc(/C=C/c2cc[n+](CCCCCCCCCCCC[n+]3ccc(/C=C/c4ccc([N+](=O)[O-])cc4)cc3)cc2)cc1. The zero-order chi connectivity index (χ0) is 32.4. The molecule has 0 aliphatic carbocycles. The Morgan fingerprint density at radius 1 is 0.413 bits per heavy atom. The molecule has 0 aliphatic heterocycles. The maximum absolute atomic E-state index is 10.8. The summed E-state index contributed by atoms with van der Waals surface area (Å²) in [4.78, 5) is 20.8. The first kappa shape index (κ1) is 33.9. The van der Waals surface area contributed by atoms with E-state index < -0.39 is 0 Å². The van der Waals surface area contributed by atoms with Crippen LogP contribution in [0.5, 0.6) is 0 Å². The number of hydrogen-bond donors (Lipinski definition) is 0. The molecular weight excluding hydrogens is 576 g/mol. The normalized spacial score (nSPS) is 11.4. The van der Waals surface area contributed by atoms with Crippen molar-refractivity contribution in [1.82, 2.24) is 0 Å². The second kappa shape index (κ2) is 18.7. The Bertz CT molecular complexity index is 1440. The lowest BCUT2D eigenvalue weighted by Crippen LogP contribution is -2.32. The molecule has 238 valence electrons. The molecule has 0 saturated carbocycles. The molecule has 0 N–H and O–H groups in total. The Balaban J connectivity index is 0.981. The van der Waals surface area contributed by atoms with E-state index in [9.17, 15) is 20.2 Å². The summed E-state index contributed by atoms with van der Waals surface area (Å²) in [7, 11) is 0. The summed E-state index contributed by atoms with van der Waals surface area (Å²) in [6.07, 6.45) is 29.3. The fourth-order valence-corrected chi connectivity index (χ4v) is 5.26. The quantitative estimate of drug-likeness (QED) is 0.0452. The van der Waals surface area contributed by atoms with Crippen LogP contribution < -0.4 is 9.13 Å². The van der Waals surface area contributed by atoms with Crippen molar-refractivity contribution in [2.24, 2.45) is 0 Å². The van der Waals surface area contributed by atoms with Crippen LogP contribution in [-0.2, 0) is 13.1 Å². The van der Waals surface area contributed by atoms with Gasteiger partial charge in [0.2, 0.25) is 0 Å². The van der Waals surface area contributed by atoms with Gasteiger partial charge >= 0.3 is 0 Å². The molecule has 8 heteroatoms. The summed E-state index contributed by atoms with van der Waals surface area (Å²) in [5.41, 5.74) is 4.31. The highest BCUT2D eigenvalue weighted by atomic mass is 16.6. The second-order valence-electron chi connectivity index (χ2n) is 11.6. The van der Waals surface area contributed by atoms with E-state index in [-0.39, 0.29) is 21.2 Å². The average Bonchev–Trinajstić information content (AvgIpc) is 3.08. The van der Waals surface area contributed by atoms with Gasteiger partial charge in [-0.1, -0.05) is 62.8 Å². The van der Waals surface area contributed by atoms with E-state index in [2.05, 4.69) is 58.2 Å². The maximum atomic E-state index is 10.8. The van der Waals surface area contributed by atoms with Crippen LogP contribution in [0.2, 0.25) is 0 Å². The summed E-state index contributed by atoms with van der Waals surface area (Å²) in [5.74, 6) is 0. The number of unbranched alkanes of at least 4 members (excludes halogenated alkanes) is 9. The van der Waals surface area contributed by atoms with Crippen LogP contribution in [0.1, 0.15) is 86.5 Å². The van der Waals surface area contributed by atoms with Gasteiger partial charge < -0.3 is 0 Å². The lowest BCUT2D eigenvalue weighted by Gasteiger charge is -2.02. The van der Waals surface area contributed by atoms with Gasteiger partial charge in [0, 0.05) is 61.4 Å². The van der Waals surface area contributed by atoms with Crippen LogP contribution in [0.15, 0.2) is 97.6 Å². The molecule has 2 heterocycles. The van der Waals surface area contributed by atoms with Crippen molar-refractivity contribution >= 4 is 35.7 Å². The van der Waals surface area contributed by atoms with Crippen molar-refractivity contribution in [3.63, 3.8) is 0 Å². The summed E-state index contributed by atoms with van der Waals surface area (Å²) in [5, 5.41) is 21.6. The van der Waals surface area contributed by atoms with Crippen molar-refractivity contribution in [1.29, 1.82) is 0 Å². The fourth-order valence-electron chi connectivity index (χ4n) is 5.26. The first-order valence-corrected chi connectivity index (χ1v) is 16.3. The number of hydrogen-bond acceptors (Lipinski definition) is 4. The van der Waals surface area contributed by atoms with Crippen LogP contribution in [0, 0.1) is 20.2 Å². The van der Waals surface area contributed by atoms with Crippen LogP contribution in [0.4, 0.5) is 11.4 Å². The molecule has 0 fully saturated rings. The van der Waals surface area contributed by atoms with E-state index in [1.165, 1.54) is 88.5 Å². The smallest absolute Gasteiger partial charge is 0.258 e. The molecule has 0 aliphatic rings. The van der Waals surface area contributed by atoms with Crippen molar-refractivity contribution < 1.29 is 19.0 Å². The lowest BCUT2D eigenvalue weighted by atomic mass is 10.1. The second-order valence-corrected chi connectivity index (χ2v) is 11.6. The first-order valence-electron chi connectivity index (χ1n) is 16.3. The van der Waals surface area contributed by atoms with Gasteiger partial charge in [0.1, 0.15) is 13.1 Å². The number of rotatable bonds is 19. The maximum Gasteiger partial charge on any atom is 0.269 e. The zero-order valence-electron chi connectivity index (χ0n) is 26.5. The van der Waals surface area contributed by atoms with E-state index >= 15 is 0 Å². The molecule has 46 heavy (non-hydrogen) atoms. The largest absolute Gasteiger partial charge is 0.269 e. The van der Waals surface area contributed by atoms with Gasteiger partial charge in [-0.3, -0.25) is 20.2 Å². The Morgan fingerprint density at radius 2 is 0.674 bits per heavy atom. The summed E-state index contributed by atoms with van der Waals surface area (Å²) >= 11 is 0.